The molecular formula is C7H12Cl2O. The quantitative estimate of drug-likeness (QED) is 0.597. The fraction of sp³-hybridized carbons (Fsp3) is 1.00. The molecule has 0 aromatic carbocycles. The lowest BCUT2D eigenvalue weighted by molar-refractivity contribution is 0.181. The molecule has 1 rings (SSSR count). The second kappa shape index (κ2) is 3.80. The third-order valence-electron chi connectivity index (χ3n) is 2.00. The molecule has 2 atom stereocenters. The zero-order valence-electron chi connectivity index (χ0n) is 6.02. The van der Waals surface area contributed by atoms with E-state index in [9.17, 15) is 0 Å². The monoisotopic (exact) mass is 182 g/mol. The van der Waals surface area contributed by atoms with E-state index in [-0.39, 0.29) is 4.84 Å². The highest BCUT2D eigenvalue weighted by Crippen LogP contribution is 2.27. The largest absolute Gasteiger partial charge is 0.381 e. The Kier molecular flexibility index (Phi) is 3.28. The summed E-state index contributed by atoms with van der Waals surface area (Å²) in [4.78, 5) is -0.228. The number of hydrogen-bond donors (Lipinski definition) is 0. The van der Waals surface area contributed by atoms with Crippen molar-refractivity contribution in [2.75, 3.05) is 13.2 Å². The van der Waals surface area contributed by atoms with Gasteiger partial charge >= 0.3 is 0 Å². The minimum atomic E-state index is -0.228. The summed E-state index contributed by atoms with van der Waals surface area (Å²) in [5.74, 6) is 1.19. The van der Waals surface area contributed by atoms with Crippen LogP contribution in [0.4, 0.5) is 0 Å². The van der Waals surface area contributed by atoms with E-state index in [4.69, 9.17) is 27.9 Å². The summed E-state index contributed by atoms with van der Waals surface area (Å²) in [6.07, 6.45) is 0.865. The first-order valence-corrected chi connectivity index (χ1v) is 4.43. The van der Waals surface area contributed by atoms with Gasteiger partial charge in [0.25, 0.3) is 0 Å². The van der Waals surface area contributed by atoms with Gasteiger partial charge in [-0.1, -0.05) is 6.92 Å². The molecule has 1 aliphatic heterocycles. The van der Waals surface area contributed by atoms with E-state index in [1.165, 1.54) is 0 Å². The van der Waals surface area contributed by atoms with Gasteiger partial charge in [-0.3, -0.25) is 0 Å². The minimum absolute atomic E-state index is 0.228. The molecule has 1 saturated heterocycles. The zero-order chi connectivity index (χ0) is 7.56. The van der Waals surface area contributed by atoms with E-state index in [1.54, 1.807) is 0 Å². The Hall–Kier alpha value is 0.540. The Morgan fingerprint density at radius 3 is 2.60 bits per heavy atom. The predicted molar refractivity (Wildman–Crippen MR) is 43.6 cm³/mol. The van der Waals surface area contributed by atoms with Gasteiger partial charge < -0.3 is 4.74 Å². The van der Waals surface area contributed by atoms with Crippen molar-refractivity contribution in [1.29, 1.82) is 0 Å². The van der Waals surface area contributed by atoms with Gasteiger partial charge in [-0.15, -0.1) is 23.2 Å². The Bertz CT molecular complexity index is 106. The van der Waals surface area contributed by atoms with Crippen molar-refractivity contribution >= 4 is 23.2 Å². The molecular weight excluding hydrogens is 171 g/mol. The summed E-state index contributed by atoms with van der Waals surface area (Å²) in [6.45, 7) is 3.87. The number of ether oxygens (including phenoxy) is 1. The van der Waals surface area contributed by atoms with Crippen LogP contribution in [-0.2, 0) is 4.74 Å². The molecule has 1 aliphatic rings. The Balaban J connectivity index is 2.26. The van der Waals surface area contributed by atoms with Crippen molar-refractivity contribution in [1.82, 2.24) is 0 Å². The van der Waals surface area contributed by atoms with Crippen molar-refractivity contribution in [3.8, 4) is 0 Å². The molecule has 0 aliphatic carbocycles. The second-order valence-corrected chi connectivity index (χ2v) is 4.18. The summed E-state index contributed by atoms with van der Waals surface area (Å²) in [7, 11) is 0. The number of halogens is 2. The minimum Gasteiger partial charge on any atom is -0.381 e. The van der Waals surface area contributed by atoms with E-state index in [1.807, 2.05) is 0 Å². The molecule has 1 nitrogen and oxygen atoms in total. The molecule has 3 heteroatoms. The molecule has 0 bridgehead atoms. The molecule has 0 aromatic rings. The average Bonchev–Trinajstić information content (AvgIpc) is 2.15. The van der Waals surface area contributed by atoms with Gasteiger partial charge in [0.15, 0.2) is 0 Å². The van der Waals surface area contributed by atoms with Crippen LogP contribution >= 0.6 is 23.2 Å². The van der Waals surface area contributed by atoms with E-state index in [0.717, 1.165) is 19.6 Å². The maximum absolute atomic E-state index is 5.63. The van der Waals surface area contributed by atoms with E-state index in [0.29, 0.717) is 11.8 Å². The van der Waals surface area contributed by atoms with Crippen LogP contribution in [0.5, 0.6) is 0 Å². The number of alkyl halides is 2. The Morgan fingerprint density at radius 1 is 1.50 bits per heavy atom. The summed E-state index contributed by atoms with van der Waals surface area (Å²) < 4.78 is 5.25. The van der Waals surface area contributed by atoms with Crippen LogP contribution in [-0.4, -0.2) is 18.1 Å². The maximum atomic E-state index is 5.63. The van der Waals surface area contributed by atoms with E-state index in [2.05, 4.69) is 6.92 Å². The standard InChI is InChI=1S/C7H12Cl2O/c1-5-3-10-4-6(5)2-7(8)9/h5-7H,2-4H2,1H3. The summed E-state index contributed by atoms with van der Waals surface area (Å²) in [5.41, 5.74) is 0. The summed E-state index contributed by atoms with van der Waals surface area (Å²) in [5, 5.41) is 0. The molecule has 0 amide bonds. The first kappa shape index (κ1) is 8.63. The van der Waals surface area contributed by atoms with Crippen molar-refractivity contribution < 1.29 is 4.74 Å². The Labute approximate surface area is 71.6 Å². The lowest BCUT2D eigenvalue weighted by Gasteiger charge is -2.12. The molecule has 0 N–H and O–H groups in total. The average molecular weight is 183 g/mol. The maximum Gasteiger partial charge on any atom is 0.108 e. The molecule has 0 spiro atoms. The van der Waals surface area contributed by atoms with Crippen molar-refractivity contribution in [2.45, 2.75) is 18.2 Å². The highest BCUT2D eigenvalue weighted by molar-refractivity contribution is 6.44. The van der Waals surface area contributed by atoms with Gasteiger partial charge in [0, 0.05) is 13.2 Å². The second-order valence-electron chi connectivity index (χ2n) is 2.90. The number of rotatable bonds is 2. The van der Waals surface area contributed by atoms with Crippen molar-refractivity contribution in [2.24, 2.45) is 11.8 Å². The lowest BCUT2D eigenvalue weighted by Crippen LogP contribution is -2.11. The van der Waals surface area contributed by atoms with Gasteiger partial charge in [0.2, 0.25) is 0 Å². The summed E-state index contributed by atoms with van der Waals surface area (Å²) >= 11 is 11.3. The van der Waals surface area contributed by atoms with E-state index >= 15 is 0 Å². The normalized spacial score (nSPS) is 33.6. The van der Waals surface area contributed by atoms with Crippen LogP contribution in [0, 0.1) is 11.8 Å². The molecule has 2 unspecified atom stereocenters. The molecule has 1 fully saturated rings. The third-order valence-corrected chi connectivity index (χ3v) is 2.35. The molecule has 10 heavy (non-hydrogen) atoms. The van der Waals surface area contributed by atoms with Gasteiger partial charge in [0.05, 0.1) is 0 Å². The SMILES string of the molecule is CC1COCC1CC(Cl)Cl. The topological polar surface area (TPSA) is 9.23 Å². The molecule has 60 valence electrons. The fourth-order valence-corrected chi connectivity index (χ4v) is 1.69. The van der Waals surface area contributed by atoms with Gasteiger partial charge in [-0.2, -0.15) is 0 Å². The van der Waals surface area contributed by atoms with Crippen LogP contribution in [0.3, 0.4) is 0 Å². The zero-order valence-corrected chi connectivity index (χ0v) is 7.53. The van der Waals surface area contributed by atoms with Crippen LogP contribution in [0.2, 0.25) is 0 Å². The van der Waals surface area contributed by atoms with Gasteiger partial charge in [-0.05, 0) is 18.3 Å². The first-order chi connectivity index (χ1) is 4.70. The lowest BCUT2D eigenvalue weighted by atomic mass is 9.96. The van der Waals surface area contributed by atoms with Crippen molar-refractivity contribution in [3.05, 3.63) is 0 Å². The van der Waals surface area contributed by atoms with Crippen LogP contribution in [0.25, 0.3) is 0 Å². The molecule has 0 aromatic heterocycles. The smallest absolute Gasteiger partial charge is 0.108 e. The van der Waals surface area contributed by atoms with Gasteiger partial charge in [-0.25, -0.2) is 0 Å². The highest BCUT2D eigenvalue weighted by atomic mass is 35.5. The van der Waals surface area contributed by atoms with Crippen LogP contribution in [0.15, 0.2) is 0 Å². The molecule has 0 saturated carbocycles. The van der Waals surface area contributed by atoms with Crippen LogP contribution in [0.1, 0.15) is 13.3 Å². The van der Waals surface area contributed by atoms with E-state index < -0.39 is 0 Å². The van der Waals surface area contributed by atoms with Gasteiger partial charge in [0.1, 0.15) is 4.84 Å². The number of hydrogen-bond acceptors (Lipinski definition) is 1. The van der Waals surface area contributed by atoms with Crippen molar-refractivity contribution in [3.63, 3.8) is 0 Å². The highest BCUT2D eigenvalue weighted by Gasteiger charge is 2.25. The fourth-order valence-electron chi connectivity index (χ4n) is 1.23. The molecule has 1 heterocycles. The predicted octanol–water partition coefficient (Wildman–Crippen LogP) is 2.46. The molecule has 0 radical (unpaired) electrons. The third kappa shape index (κ3) is 2.30. The Morgan fingerprint density at radius 2 is 2.20 bits per heavy atom. The summed E-state index contributed by atoms with van der Waals surface area (Å²) in [6, 6.07) is 0. The first-order valence-electron chi connectivity index (χ1n) is 3.56. The van der Waals surface area contributed by atoms with Crippen LogP contribution < -0.4 is 0 Å².